The van der Waals surface area contributed by atoms with Crippen molar-refractivity contribution in [2.24, 2.45) is 0 Å². The highest BCUT2D eigenvalue weighted by molar-refractivity contribution is 6.30. The van der Waals surface area contributed by atoms with Gasteiger partial charge in [-0.2, -0.15) is 0 Å². The Kier molecular flexibility index (Phi) is 6.49. The average Bonchev–Trinajstić information content (AvgIpc) is 2.66. The molecule has 1 atom stereocenters. The van der Waals surface area contributed by atoms with Crippen molar-refractivity contribution in [2.75, 3.05) is 18.5 Å². The number of aliphatic hydroxyl groups is 1. The molecule has 0 spiro atoms. The van der Waals surface area contributed by atoms with Gasteiger partial charge in [-0.05, 0) is 48.0 Å². The summed E-state index contributed by atoms with van der Waals surface area (Å²) in [5, 5.41) is 12.6. The van der Waals surface area contributed by atoms with Gasteiger partial charge in [-0.1, -0.05) is 24.2 Å². The first-order valence-corrected chi connectivity index (χ1v) is 8.12. The number of hydrogen-bond donors (Lipinski definition) is 2. The van der Waals surface area contributed by atoms with Crippen molar-refractivity contribution in [3.05, 3.63) is 77.1 Å². The normalized spacial score (nSPS) is 11.5. The molecule has 2 N–H and O–H groups in total. The SMILES string of the molecule is C=CC(=O)N(C)c1ccc(C(=O)NCC(O)c2ccc(Cl)c(F)c2)cc1. The van der Waals surface area contributed by atoms with Gasteiger partial charge in [-0.3, -0.25) is 9.59 Å². The number of nitrogens with one attached hydrogen (secondary N) is 1. The van der Waals surface area contributed by atoms with Crippen LogP contribution in [0.2, 0.25) is 5.02 Å². The molecule has 0 saturated carbocycles. The summed E-state index contributed by atoms with van der Waals surface area (Å²) in [6, 6.07) is 10.3. The van der Waals surface area contributed by atoms with Gasteiger partial charge in [0, 0.05) is 24.8 Å². The molecule has 0 heterocycles. The number of halogens is 2. The maximum Gasteiger partial charge on any atom is 0.251 e. The van der Waals surface area contributed by atoms with Gasteiger partial charge >= 0.3 is 0 Å². The molecule has 0 bridgehead atoms. The zero-order valence-corrected chi connectivity index (χ0v) is 14.8. The molecule has 2 aromatic carbocycles. The number of aliphatic hydroxyl groups excluding tert-OH is 1. The second-order valence-electron chi connectivity index (χ2n) is 5.55. The molecule has 0 aromatic heterocycles. The van der Waals surface area contributed by atoms with Gasteiger partial charge in [0.15, 0.2) is 0 Å². The van der Waals surface area contributed by atoms with Gasteiger partial charge in [-0.15, -0.1) is 0 Å². The van der Waals surface area contributed by atoms with Crippen LogP contribution >= 0.6 is 11.6 Å². The van der Waals surface area contributed by atoms with Crippen molar-refractivity contribution in [1.29, 1.82) is 0 Å². The van der Waals surface area contributed by atoms with Crippen molar-refractivity contribution in [3.8, 4) is 0 Å². The maximum absolute atomic E-state index is 13.4. The molecule has 2 aromatic rings. The molecule has 5 nitrogen and oxygen atoms in total. The maximum atomic E-state index is 13.4. The van der Waals surface area contributed by atoms with Gasteiger partial charge in [-0.25, -0.2) is 4.39 Å². The van der Waals surface area contributed by atoms with Gasteiger partial charge in [0.1, 0.15) is 5.82 Å². The van der Waals surface area contributed by atoms with Crippen LogP contribution in [0.15, 0.2) is 55.1 Å². The second-order valence-corrected chi connectivity index (χ2v) is 5.95. The van der Waals surface area contributed by atoms with E-state index in [2.05, 4.69) is 11.9 Å². The summed E-state index contributed by atoms with van der Waals surface area (Å²) in [5.74, 6) is -1.30. The van der Waals surface area contributed by atoms with Crippen molar-refractivity contribution in [1.82, 2.24) is 5.32 Å². The van der Waals surface area contributed by atoms with Crippen LogP contribution in [0.3, 0.4) is 0 Å². The third-order valence-electron chi connectivity index (χ3n) is 3.81. The lowest BCUT2D eigenvalue weighted by atomic mass is 10.1. The highest BCUT2D eigenvalue weighted by Crippen LogP contribution is 2.20. The lowest BCUT2D eigenvalue weighted by molar-refractivity contribution is -0.113. The minimum absolute atomic E-state index is 0.0371. The van der Waals surface area contributed by atoms with Crippen LogP contribution in [0.4, 0.5) is 10.1 Å². The molecule has 0 radical (unpaired) electrons. The average molecular weight is 377 g/mol. The fourth-order valence-electron chi connectivity index (χ4n) is 2.23. The molecule has 0 aliphatic rings. The Morgan fingerprint density at radius 1 is 1.31 bits per heavy atom. The lowest BCUT2D eigenvalue weighted by Crippen LogP contribution is -2.28. The summed E-state index contributed by atoms with van der Waals surface area (Å²) in [5.41, 5.74) is 1.29. The summed E-state index contributed by atoms with van der Waals surface area (Å²) in [6.07, 6.45) is 0.128. The van der Waals surface area contributed by atoms with E-state index in [0.717, 1.165) is 6.07 Å². The van der Waals surface area contributed by atoms with Crippen LogP contribution in [0.25, 0.3) is 0 Å². The quantitative estimate of drug-likeness (QED) is 0.761. The molecular weight excluding hydrogens is 359 g/mol. The monoisotopic (exact) mass is 376 g/mol. The van der Waals surface area contributed by atoms with E-state index in [9.17, 15) is 19.1 Å². The Morgan fingerprint density at radius 3 is 2.54 bits per heavy atom. The van der Waals surface area contributed by atoms with E-state index in [0.29, 0.717) is 16.8 Å². The Bertz CT molecular complexity index is 824. The smallest absolute Gasteiger partial charge is 0.251 e. The van der Waals surface area contributed by atoms with Crippen LogP contribution in [0.5, 0.6) is 0 Å². The molecule has 0 saturated heterocycles. The largest absolute Gasteiger partial charge is 0.387 e. The number of rotatable bonds is 6. The van der Waals surface area contributed by atoms with Crippen molar-refractivity contribution in [2.45, 2.75) is 6.10 Å². The van der Waals surface area contributed by atoms with E-state index in [1.807, 2.05) is 0 Å². The van der Waals surface area contributed by atoms with E-state index in [4.69, 9.17) is 11.6 Å². The fraction of sp³-hybridized carbons (Fsp3) is 0.158. The Morgan fingerprint density at radius 2 is 1.96 bits per heavy atom. The minimum atomic E-state index is -1.07. The van der Waals surface area contributed by atoms with E-state index >= 15 is 0 Å². The number of likely N-dealkylation sites (N-methyl/N-ethyl adjacent to an activating group) is 1. The molecule has 1 unspecified atom stereocenters. The molecular formula is C19H18ClFN2O3. The van der Waals surface area contributed by atoms with Gasteiger partial charge < -0.3 is 15.3 Å². The topological polar surface area (TPSA) is 69.6 Å². The third kappa shape index (κ3) is 4.68. The number of anilines is 1. The van der Waals surface area contributed by atoms with Crippen molar-refractivity contribution >= 4 is 29.1 Å². The van der Waals surface area contributed by atoms with E-state index in [-0.39, 0.29) is 17.5 Å². The summed E-state index contributed by atoms with van der Waals surface area (Å²) in [6.45, 7) is 3.33. The number of carbonyl (C=O) groups excluding carboxylic acids is 2. The molecule has 0 fully saturated rings. The fourth-order valence-corrected chi connectivity index (χ4v) is 2.35. The van der Waals surface area contributed by atoms with Crippen LogP contribution in [-0.2, 0) is 4.79 Å². The number of hydrogen-bond acceptors (Lipinski definition) is 3. The van der Waals surface area contributed by atoms with Gasteiger partial charge in [0.2, 0.25) is 5.91 Å². The molecule has 2 amide bonds. The van der Waals surface area contributed by atoms with Gasteiger partial charge in [0.05, 0.1) is 11.1 Å². The number of amides is 2. The number of benzene rings is 2. The van der Waals surface area contributed by atoms with Crippen LogP contribution in [0.1, 0.15) is 22.0 Å². The number of nitrogens with zero attached hydrogens (tertiary/aromatic N) is 1. The van der Waals surface area contributed by atoms with E-state index in [1.54, 1.807) is 31.3 Å². The van der Waals surface area contributed by atoms with Crippen LogP contribution in [0, 0.1) is 5.82 Å². The van der Waals surface area contributed by atoms with E-state index < -0.39 is 17.8 Å². The minimum Gasteiger partial charge on any atom is -0.387 e. The Hall–Kier alpha value is -2.70. The van der Waals surface area contributed by atoms with Crippen LogP contribution in [-0.4, -0.2) is 30.5 Å². The summed E-state index contributed by atoms with van der Waals surface area (Å²) in [4.78, 5) is 25.1. The zero-order valence-electron chi connectivity index (χ0n) is 14.1. The molecule has 26 heavy (non-hydrogen) atoms. The van der Waals surface area contributed by atoms with E-state index in [1.165, 1.54) is 23.1 Å². The predicted molar refractivity (Wildman–Crippen MR) is 98.8 cm³/mol. The first-order chi connectivity index (χ1) is 12.3. The highest BCUT2D eigenvalue weighted by Gasteiger charge is 2.13. The zero-order chi connectivity index (χ0) is 19.3. The van der Waals surface area contributed by atoms with Crippen LogP contribution < -0.4 is 10.2 Å². The third-order valence-corrected chi connectivity index (χ3v) is 4.11. The Labute approximate surface area is 155 Å². The molecule has 2 rings (SSSR count). The first-order valence-electron chi connectivity index (χ1n) is 7.75. The summed E-state index contributed by atoms with van der Waals surface area (Å²) < 4.78 is 13.4. The predicted octanol–water partition coefficient (Wildman–Crippen LogP) is 3.09. The van der Waals surface area contributed by atoms with Crippen molar-refractivity contribution in [3.63, 3.8) is 0 Å². The standard InChI is InChI=1S/C19H18ClFN2O3/c1-3-18(25)23(2)14-7-4-12(5-8-14)19(26)22-11-17(24)13-6-9-15(20)16(21)10-13/h3-10,17,24H,1,11H2,2H3,(H,22,26). The Balaban J connectivity index is 1.98. The molecule has 0 aliphatic heterocycles. The highest BCUT2D eigenvalue weighted by atomic mass is 35.5. The van der Waals surface area contributed by atoms with Gasteiger partial charge in [0.25, 0.3) is 5.91 Å². The molecule has 7 heteroatoms. The first kappa shape index (κ1) is 19.6. The van der Waals surface area contributed by atoms with Crippen molar-refractivity contribution < 1.29 is 19.1 Å². The molecule has 0 aliphatic carbocycles. The summed E-state index contributed by atoms with van der Waals surface area (Å²) >= 11 is 5.60. The lowest BCUT2D eigenvalue weighted by Gasteiger charge is -2.16. The molecule has 136 valence electrons. The summed E-state index contributed by atoms with van der Waals surface area (Å²) in [7, 11) is 1.60. The second kappa shape index (κ2) is 8.60. The number of carbonyl (C=O) groups is 2.